The summed E-state index contributed by atoms with van der Waals surface area (Å²) in [5, 5.41) is 7.29. The Hall–Kier alpha value is -2.90. The fourth-order valence-corrected chi connectivity index (χ4v) is 4.01. The molecule has 3 aromatic heterocycles. The Balaban J connectivity index is 1.20. The molecule has 7 heteroatoms. The first-order valence-electron chi connectivity index (χ1n) is 8.81. The van der Waals surface area contributed by atoms with Gasteiger partial charge in [-0.2, -0.15) is 4.98 Å². The Morgan fingerprint density at radius 3 is 2.70 bits per heavy atom. The van der Waals surface area contributed by atoms with E-state index >= 15 is 0 Å². The SMILES string of the molecule is c1ccc(-c2nc(CN3CC(c4nc(-c5cccnc5)no4)C3)cs2)cc1. The largest absolute Gasteiger partial charge is 0.339 e. The van der Waals surface area contributed by atoms with E-state index in [2.05, 4.69) is 37.5 Å². The molecule has 1 aliphatic heterocycles. The minimum absolute atomic E-state index is 0.287. The number of thiazole rings is 1. The summed E-state index contributed by atoms with van der Waals surface area (Å²) >= 11 is 1.69. The lowest BCUT2D eigenvalue weighted by atomic mass is 10.00. The van der Waals surface area contributed by atoms with Crippen LogP contribution in [0.4, 0.5) is 0 Å². The molecule has 0 unspecified atom stereocenters. The molecule has 1 aliphatic rings. The van der Waals surface area contributed by atoms with Crippen molar-refractivity contribution in [3.8, 4) is 22.0 Å². The zero-order valence-electron chi connectivity index (χ0n) is 14.5. The molecule has 0 amide bonds. The number of rotatable bonds is 5. The summed E-state index contributed by atoms with van der Waals surface area (Å²) in [6.07, 6.45) is 3.48. The van der Waals surface area contributed by atoms with E-state index in [4.69, 9.17) is 9.51 Å². The van der Waals surface area contributed by atoms with E-state index in [9.17, 15) is 0 Å². The van der Waals surface area contributed by atoms with Crippen LogP contribution in [0.15, 0.2) is 64.8 Å². The van der Waals surface area contributed by atoms with Gasteiger partial charge in [0.15, 0.2) is 0 Å². The van der Waals surface area contributed by atoms with Crippen molar-refractivity contribution in [1.29, 1.82) is 0 Å². The molecule has 0 saturated carbocycles. The molecule has 0 bridgehead atoms. The number of hydrogen-bond donors (Lipinski definition) is 0. The number of benzene rings is 1. The van der Waals surface area contributed by atoms with Crippen LogP contribution in [0.25, 0.3) is 22.0 Å². The van der Waals surface area contributed by atoms with Gasteiger partial charge in [-0.3, -0.25) is 9.88 Å². The van der Waals surface area contributed by atoms with Crippen LogP contribution in [0.1, 0.15) is 17.5 Å². The van der Waals surface area contributed by atoms with Crippen LogP contribution in [-0.4, -0.2) is 38.1 Å². The first-order chi connectivity index (χ1) is 13.3. The summed E-state index contributed by atoms with van der Waals surface area (Å²) in [5.74, 6) is 1.59. The minimum Gasteiger partial charge on any atom is -0.339 e. The van der Waals surface area contributed by atoms with Gasteiger partial charge in [0.25, 0.3) is 0 Å². The summed E-state index contributed by atoms with van der Waals surface area (Å²) in [4.78, 5) is 15.7. The molecule has 1 aromatic carbocycles. The van der Waals surface area contributed by atoms with E-state index in [1.54, 1.807) is 23.7 Å². The lowest BCUT2D eigenvalue weighted by molar-refractivity contribution is 0.116. The highest BCUT2D eigenvalue weighted by molar-refractivity contribution is 7.13. The molecular formula is C20H17N5OS. The van der Waals surface area contributed by atoms with Gasteiger partial charge in [0.1, 0.15) is 5.01 Å². The Morgan fingerprint density at radius 2 is 1.89 bits per heavy atom. The van der Waals surface area contributed by atoms with Crippen molar-refractivity contribution in [2.45, 2.75) is 12.5 Å². The highest BCUT2D eigenvalue weighted by atomic mass is 32.1. The standard InChI is InChI=1S/C20H17N5OS/c1-2-5-14(6-3-1)20-22-17(13-27-20)12-25-10-16(11-25)19-23-18(24-26-19)15-7-4-8-21-9-15/h1-9,13,16H,10-12H2. The molecule has 0 aliphatic carbocycles. The lowest BCUT2D eigenvalue weighted by Crippen LogP contribution is -2.44. The zero-order chi connectivity index (χ0) is 18.1. The maximum atomic E-state index is 5.45. The zero-order valence-corrected chi connectivity index (χ0v) is 15.3. The van der Waals surface area contributed by atoms with Gasteiger partial charge < -0.3 is 4.52 Å². The molecule has 4 heterocycles. The molecule has 134 valence electrons. The normalized spacial score (nSPS) is 15.0. The molecule has 1 fully saturated rings. The first kappa shape index (κ1) is 16.3. The van der Waals surface area contributed by atoms with Crippen molar-refractivity contribution in [3.63, 3.8) is 0 Å². The summed E-state index contributed by atoms with van der Waals surface area (Å²) in [5.41, 5.74) is 3.16. The summed E-state index contributed by atoms with van der Waals surface area (Å²) in [7, 11) is 0. The minimum atomic E-state index is 0.287. The fourth-order valence-electron chi connectivity index (χ4n) is 3.19. The lowest BCUT2D eigenvalue weighted by Gasteiger charge is -2.36. The number of aromatic nitrogens is 4. The van der Waals surface area contributed by atoms with Crippen molar-refractivity contribution >= 4 is 11.3 Å². The van der Waals surface area contributed by atoms with Crippen LogP contribution in [-0.2, 0) is 6.54 Å². The smallest absolute Gasteiger partial charge is 0.232 e. The molecular weight excluding hydrogens is 358 g/mol. The number of nitrogens with zero attached hydrogens (tertiary/aromatic N) is 5. The van der Waals surface area contributed by atoms with Gasteiger partial charge in [-0.05, 0) is 12.1 Å². The molecule has 27 heavy (non-hydrogen) atoms. The van der Waals surface area contributed by atoms with E-state index in [0.717, 1.165) is 35.9 Å². The maximum Gasteiger partial charge on any atom is 0.232 e. The topological polar surface area (TPSA) is 67.9 Å². The van der Waals surface area contributed by atoms with Crippen LogP contribution in [0.2, 0.25) is 0 Å². The van der Waals surface area contributed by atoms with Gasteiger partial charge in [-0.25, -0.2) is 4.98 Å². The van der Waals surface area contributed by atoms with Gasteiger partial charge in [0.05, 0.1) is 11.6 Å². The molecule has 6 nitrogen and oxygen atoms in total. The molecule has 1 saturated heterocycles. The highest BCUT2D eigenvalue weighted by Crippen LogP contribution is 2.30. The average Bonchev–Trinajstić information content (AvgIpc) is 3.36. The summed E-state index contributed by atoms with van der Waals surface area (Å²) in [6.45, 7) is 2.67. The van der Waals surface area contributed by atoms with E-state index in [1.807, 2.05) is 30.3 Å². The molecule has 0 atom stereocenters. The molecule has 0 spiro atoms. The quantitative estimate of drug-likeness (QED) is 0.528. The van der Waals surface area contributed by atoms with Gasteiger partial charge in [-0.15, -0.1) is 11.3 Å². The summed E-state index contributed by atoms with van der Waals surface area (Å²) < 4.78 is 5.45. The maximum absolute atomic E-state index is 5.45. The highest BCUT2D eigenvalue weighted by Gasteiger charge is 2.33. The molecule has 0 N–H and O–H groups in total. The van der Waals surface area contributed by atoms with E-state index in [-0.39, 0.29) is 5.92 Å². The van der Waals surface area contributed by atoms with Crippen LogP contribution >= 0.6 is 11.3 Å². The fraction of sp³-hybridized carbons (Fsp3) is 0.200. The third-order valence-electron chi connectivity index (χ3n) is 4.63. The van der Waals surface area contributed by atoms with Crippen molar-refractivity contribution in [1.82, 2.24) is 25.0 Å². The van der Waals surface area contributed by atoms with Gasteiger partial charge in [0.2, 0.25) is 11.7 Å². The van der Waals surface area contributed by atoms with E-state index in [1.165, 1.54) is 5.56 Å². The second-order valence-electron chi connectivity index (χ2n) is 6.60. The van der Waals surface area contributed by atoms with Crippen LogP contribution in [0.3, 0.4) is 0 Å². The second-order valence-corrected chi connectivity index (χ2v) is 7.46. The number of likely N-dealkylation sites (tertiary alicyclic amines) is 1. The predicted molar refractivity (Wildman–Crippen MR) is 103 cm³/mol. The van der Waals surface area contributed by atoms with Crippen molar-refractivity contribution in [2.24, 2.45) is 0 Å². The molecule has 0 radical (unpaired) electrons. The summed E-state index contributed by atoms with van der Waals surface area (Å²) in [6, 6.07) is 14.1. The van der Waals surface area contributed by atoms with Crippen molar-refractivity contribution < 1.29 is 4.52 Å². The average molecular weight is 375 g/mol. The van der Waals surface area contributed by atoms with Gasteiger partial charge in [-0.1, -0.05) is 35.5 Å². The van der Waals surface area contributed by atoms with Crippen LogP contribution in [0.5, 0.6) is 0 Å². The number of hydrogen-bond acceptors (Lipinski definition) is 7. The number of pyridine rings is 1. The second kappa shape index (κ2) is 7.02. The third kappa shape index (κ3) is 3.39. The van der Waals surface area contributed by atoms with Crippen molar-refractivity contribution in [2.75, 3.05) is 13.1 Å². The Bertz CT molecular complexity index is 1020. The third-order valence-corrected chi connectivity index (χ3v) is 5.57. The van der Waals surface area contributed by atoms with Crippen LogP contribution in [0, 0.1) is 0 Å². The first-order valence-corrected chi connectivity index (χ1v) is 9.69. The Morgan fingerprint density at radius 1 is 1.04 bits per heavy atom. The van der Waals surface area contributed by atoms with Gasteiger partial charge in [0, 0.05) is 48.5 Å². The van der Waals surface area contributed by atoms with E-state index in [0.29, 0.717) is 11.7 Å². The Labute approximate surface area is 160 Å². The van der Waals surface area contributed by atoms with E-state index < -0.39 is 0 Å². The molecule has 5 rings (SSSR count). The molecule has 4 aromatic rings. The van der Waals surface area contributed by atoms with Crippen LogP contribution < -0.4 is 0 Å². The monoisotopic (exact) mass is 375 g/mol. The predicted octanol–water partition coefficient (Wildman–Crippen LogP) is 3.85. The Kier molecular flexibility index (Phi) is 4.23. The van der Waals surface area contributed by atoms with Gasteiger partial charge >= 0.3 is 0 Å². The van der Waals surface area contributed by atoms with Crippen molar-refractivity contribution in [3.05, 3.63) is 71.8 Å².